The van der Waals surface area contributed by atoms with Gasteiger partial charge in [0.2, 0.25) is 5.24 Å². The van der Waals surface area contributed by atoms with E-state index in [9.17, 15) is 4.79 Å². The Hall–Kier alpha value is -1.60. The minimum atomic E-state index is -0.195. The van der Waals surface area contributed by atoms with E-state index >= 15 is 0 Å². The van der Waals surface area contributed by atoms with Crippen molar-refractivity contribution < 1.29 is 4.79 Å². The van der Waals surface area contributed by atoms with Gasteiger partial charge in [0.15, 0.2) is 0 Å². The van der Waals surface area contributed by atoms with E-state index in [0.717, 1.165) is 6.42 Å². The zero-order chi connectivity index (χ0) is 13.0. The molecule has 1 nitrogen and oxygen atoms in total. The van der Waals surface area contributed by atoms with Crippen LogP contribution in [0.2, 0.25) is 0 Å². The van der Waals surface area contributed by atoms with Gasteiger partial charge in [0.25, 0.3) is 0 Å². The van der Waals surface area contributed by atoms with Crippen LogP contribution in [0.4, 0.5) is 0 Å². The molecule has 3 aliphatic rings. The second-order valence-corrected chi connectivity index (χ2v) is 5.81. The van der Waals surface area contributed by atoms with Crippen molar-refractivity contribution >= 4 is 16.8 Å². The van der Waals surface area contributed by atoms with E-state index in [1.165, 1.54) is 22.3 Å². The van der Waals surface area contributed by atoms with Gasteiger partial charge in [0.05, 0.1) is 0 Å². The number of halogens is 1. The summed E-state index contributed by atoms with van der Waals surface area (Å²) in [5.74, 6) is 0.393. The van der Waals surface area contributed by atoms with E-state index in [1.54, 1.807) is 0 Å². The topological polar surface area (TPSA) is 17.1 Å². The molecule has 0 spiro atoms. The molecule has 19 heavy (non-hydrogen) atoms. The maximum atomic E-state index is 11.8. The van der Waals surface area contributed by atoms with Crippen LogP contribution < -0.4 is 0 Å². The molecule has 0 aliphatic heterocycles. The SMILES string of the molecule is O=C(Cl)[C@H]1CC2c3ccccc3C1c1ccccc12. The lowest BCUT2D eigenvalue weighted by molar-refractivity contribution is -0.116. The largest absolute Gasteiger partial charge is 0.281 e. The first-order valence-electron chi connectivity index (χ1n) is 6.64. The zero-order valence-electron chi connectivity index (χ0n) is 10.3. The summed E-state index contributed by atoms with van der Waals surface area (Å²) >= 11 is 5.84. The van der Waals surface area contributed by atoms with Gasteiger partial charge >= 0.3 is 0 Å². The molecule has 5 rings (SSSR count). The molecule has 2 heteroatoms. The van der Waals surface area contributed by atoms with E-state index < -0.39 is 0 Å². The van der Waals surface area contributed by atoms with Crippen molar-refractivity contribution in [2.24, 2.45) is 5.92 Å². The number of carbonyl (C=O) groups excluding carboxylic acids is 1. The van der Waals surface area contributed by atoms with Crippen LogP contribution in [0.15, 0.2) is 48.5 Å². The lowest BCUT2D eigenvalue weighted by Crippen LogP contribution is -2.34. The summed E-state index contributed by atoms with van der Waals surface area (Å²) in [4.78, 5) is 11.8. The van der Waals surface area contributed by atoms with Crippen molar-refractivity contribution in [3.05, 3.63) is 70.8 Å². The molecule has 0 radical (unpaired) electrons. The summed E-state index contributed by atoms with van der Waals surface area (Å²) in [6.07, 6.45) is 0.848. The lowest BCUT2D eigenvalue weighted by Gasteiger charge is -2.44. The highest BCUT2D eigenvalue weighted by Crippen LogP contribution is 2.55. The quantitative estimate of drug-likeness (QED) is 0.713. The number of carbonyl (C=O) groups is 1. The monoisotopic (exact) mass is 268 g/mol. The van der Waals surface area contributed by atoms with Crippen molar-refractivity contribution in [2.45, 2.75) is 18.3 Å². The third kappa shape index (κ3) is 1.45. The summed E-state index contributed by atoms with van der Waals surface area (Å²) in [6.45, 7) is 0. The summed E-state index contributed by atoms with van der Waals surface area (Å²) in [7, 11) is 0. The second-order valence-electron chi connectivity index (χ2n) is 5.43. The minimum Gasteiger partial charge on any atom is -0.281 e. The van der Waals surface area contributed by atoms with E-state index in [2.05, 4.69) is 48.5 Å². The molecule has 2 aromatic carbocycles. The maximum Gasteiger partial charge on any atom is 0.225 e. The fraction of sp³-hybridized carbons (Fsp3) is 0.235. The van der Waals surface area contributed by atoms with Gasteiger partial charge in [0, 0.05) is 17.8 Å². The van der Waals surface area contributed by atoms with E-state index in [-0.39, 0.29) is 17.1 Å². The van der Waals surface area contributed by atoms with Crippen molar-refractivity contribution in [1.29, 1.82) is 0 Å². The molecule has 2 bridgehead atoms. The average Bonchev–Trinajstić information content (AvgIpc) is 2.47. The molecule has 0 amide bonds. The summed E-state index contributed by atoms with van der Waals surface area (Å²) in [6, 6.07) is 17.0. The predicted molar refractivity (Wildman–Crippen MR) is 75.5 cm³/mol. The summed E-state index contributed by atoms with van der Waals surface area (Å²) in [5, 5.41) is -0.195. The smallest absolute Gasteiger partial charge is 0.225 e. The van der Waals surface area contributed by atoms with Gasteiger partial charge in [0.1, 0.15) is 0 Å². The molecule has 0 heterocycles. The van der Waals surface area contributed by atoms with Gasteiger partial charge in [-0.2, -0.15) is 0 Å². The molecule has 3 aliphatic carbocycles. The van der Waals surface area contributed by atoms with Crippen LogP contribution in [0.3, 0.4) is 0 Å². The molecule has 0 N–H and O–H groups in total. The Labute approximate surface area is 117 Å². The fourth-order valence-corrected chi connectivity index (χ4v) is 4.07. The van der Waals surface area contributed by atoms with Crippen LogP contribution >= 0.6 is 11.6 Å². The van der Waals surface area contributed by atoms with Crippen LogP contribution in [-0.4, -0.2) is 5.24 Å². The van der Waals surface area contributed by atoms with Gasteiger partial charge in [-0.1, -0.05) is 48.5 Å². The van der Waals surface area contributed by atoms with Crippen molar-refractivity contribution in [1.82, 2.24) is 0 Å². The van der Waals surface area contributed by atoms with Crippen molar-refractivity contribution in [3.8, 4) is 0 Å². The van der Waals surface area contributed by atoms with Crippen molar-refractivity contribution in [2.75, 3.05) is 0 Å². The first-order chi connectivity index (χ1) is 9.27. The highest BCUT2D eigenvalue weighted by molar-refractivity contribution is 6.64. The molecule has 0 unspecified atom stereocenters. The lowest BCUT2D eigenvalue weighted by atomic mass is 9.59. The standard InChI is InChI=1S/C17H13ClO/c18-17(19)15-9-14-10-5-1-3-7-12(10)16(15)13-8-4-2-6-11(13)14/h1-8,14-16H,9H2/t14?,15-,16?/m0/s1. The van der Waals surface area contributed by atoms with Crippen LogP contribution in [-0.2, 0) is 4.79 Å². The Morgan fingerprint density at radius 1 is 0.895 bits per heavy atom. The number of hydrogen-bond acceptors (Lipinski definition) is 1. The molecule has 0 saturated carbocycles. The molecular formula is C17H13ClO. The third-order valence-electron chi connectivity index (χ3n) is 4.60. The van der Waals surface area contributed by atoms with Crippen LogP contribution in [0.5, 0.6) is 0 Å². The van der Waals surface area contributed by atoms with Gasteiger partial charge in [-0.3, -0.25) is 4.79 Å². The van der Waals surface area contributed by atoms with Gasteiger partial charge in [-0.15, -0.1) is 0 Å². The fourth-order valence-electron chi connectivity index (χ4n) is 3.86. The van der Waals surface area contributed by atoms with E-state index in [0.29, 0.717) is 5.92 Å². The van der Waals surface area contributed by atoms with E-state index in [1.807, 2.05) is 0 Å². The molecule has 0 fully saturated rings. The number of fused-ring (bicyclic) bond motifs is 1. The third-order valence-corrected chi connectivity index (χ3v) is 4.88. The average molecular weight is 269 g/mol. The first kappa shape index (κ1) is 11.2. The molecule has 1 atom stereocenters. The Bertz CT molecular complexity index is 629. The number of hydrogen-bond donors (Lipinski definition) is 0. The Morgan fingerprint density at radius 2 is 1.37 bits per heavy atom. The highest BCUT2D eigenvalue weighted by Gasteiger charge is 2.45. The number of rotatable bonds is 1. The van der Waals surface area contributed by atoms with Crippen LogP contribution in [0.25, 0.3) is 0 Å². The molecular weight excluding hydrogens is 256 g/mol. The van der Waals surface area contributed by atoms with Gasteiger partial charge < -0.3 is 0 Å². The summed E-state index contributed by atoms with van der Waals surface area (Å²) < 4.78 is 0. The van der Waals surface area contributed by atoms with Crippen LogP contribution in [0, 0.1) is 5.92 Å². The zero-order valence-corrected chi connectivity index (χ0v) is 11.1. The number of benzene rings is 2. The Balaban J connectivity index is 2.01. The predicted octanol–water partition coefficient (Wildman–Crippen LogP) is 4.05. The second kappa shape index (κ2) is 3.94. The maximum absolute atomic E-state index is 11.8. The highest BCUT2D eigenvalue weighted by atomic mass is 35.5. The first-order valence-corrected chi connectivity index (χ1v) is 7.02. The summed E-state index contributed by atoms with van der Waals surface area (Å²) in [5.41, 5.74) is 5.33. The van der Waals surface area contributed by atoms with Gasteiger partial charge in [-0.25, -0.2) is 0 Å². The Kier molecular flexibility index (Phi) is 2.33. The Morgan fingerprint density at radius 3 is 1.84 bits per heavy atom. The van der Waals surface area contributed by atoms with Gasteiger partial charge in [-0.05, 0) is 40.3 Å². The minimum absolute atomic E-state index is 0.0727. The molecule has 2 aromatic rings. The normalized spacial score (nSPS) is 26.7. The molecule has 0 aromatic heterocycles. The molecule has 0 saturated heterocycles. The molecule has 94 valence electrons. The van der Waals surface area contributed by atoms with Crippen molar-refractivity contribution in [3.63, 3.8) is 0 Å². The van der Waals surface area contributed by atoms with Crippen LogP contribution in [0.1, 0.15) is 40.5 Å². The van der Waals surface area contributed by atoms with E-state index in [4.69, 9.17) is 11.6 Å².